The number of nitrogens with zero attached hydrogens (tertiary/aromatic N) is 1. The van der Waals surface area contributed by atoms with Gasteiger partial charge < -0.3 is 9.47 Å². The maximum absolute atomic E-state index is 8.44. The van der Waals surface area contributed by atoms with Crippen LogP contribution < -0.4 is 0 Å². The van der Waals surface area contributed by atoms with Gasteiger partial charge in [0, 0.05) is 32.4 Å². The fourth-order valence-electron chi connectivity index (χ4n) is 0.798. The summed E-state index contributed by atoms with van der Waals surface area (Å²) in [5.41, 5.74) is 0. The number of hydrogen-bond donors (Lipinski definition) is 0. The Balaban J connectivity index is 4.10. The molecular weight excluding hydrogens is 162 g/mol. The van der Waals surface area contributed by atoms with Crippen LogP contribution in [0, 0.1) is 10.7 Å². The predicted octanol–water partition coefficient (Wildman–Crippen LogP) is 1.95. The first kappa shape index (κ1) is 10.8. The van der Waals surface area contributed by atoms with E-state index in [-0.39, 0.29) is 0 Å². The molecule has 4 heteroatoms. The van der Waals surface area contributed by atoms with Crippen LogP contribution in [0.3, 0.4) is 0 Å². The summed E-state index contributed by atoms with van der Waals surface area (Å²) in [6.45, 7) is 2.02. The number of rotatable bonds is 5. The van der Waals surface area contributed by atoms with Gasteiger partial charge in [-0.2, -0.15) is 5.26 Å². The van der Waals surface area contributed by atoms with E-state index < -0.39 is 5.12 Å². The molecular formula is C7H13NO2S. The van der Waals surface area contributed by atoms with Gasteiger partial charge in [0.05, 0.1) is 0 Å². The Kier molecular flexibility index (Phi) is 5.30. The molecule has 11 heavy (non-hydrogen) atoms. The molecule has 3 nitrogen and oxygen atoms in total. The van der Waals surface area contributed by atoms with Gasteiger partial charge in [0.15, 0.2) is 0 Å². The van der Waals surface area contributed by atoms with E-state index in [0.29, 0.717) is 0 Å². The van der Waals surface area contributed by atoms with Crippen LogP contribution in [-0.2, 0) is 9.47 Å². The minimum absolute atomic E-state index is 0.720. The van der Waals surface area contributed by atoms with Gasteiger partial charge in [-0.05, 0) is 0 Å². The van der Waals surface area contributed by atoms with Gasteiger partial charge in [0.1, 0.15) is 5.40 Å². The minimum atomic E-state index is -0.760. The zero-order valence-electron chi connectivity index (χ0n) is 7.09. The summed E-state index contributed by atoms with van der Waals surface area (Å²) in [4.78, 5) is 0. The average Bonchev–Trinajstić information content (AvgIpc) is 2.04. The molecule has 0 rings (SSSR count). The molecule has 0 aliphatic carbocycles. The Morgan fingerprint density at radius 2 is 2.00 bits per heavy atom. The summed E-state index contributed by atoms with van der Waals surface area (Å²) in [6.07, 6.45) is 1.65. The second-order valence-corrected chi connectivity index (χ2v) is 3.04. The van der Waals surface area contributed by atoms with E-state index in [1.807, 2.05) is 12.3 Å². The van der Waals surface area contributed by atoms with Crippen molar-refractivity contribution in [2.75, 3.05) is 14.2 Å². The van der Waals surface area contributed by atoms with Crippen molar-refractivity contribution < 1.29 is 9.47 Å². The smallest absolute Gasteiger partial charge is 0.231 e. The maximum Gasteiger partial charge on any atom is 0.231 e. The van der Waals surface area contributed by atoms with Crippen LogP contribution in [0.1, 0.15) is 19.8 Å². The van der Waals surface area contributed by atoms with Crippen molar-refractivity contribution in [1.29, 1.82) is 5.26 Å². The lowest BCUT2D eigenvalue weighted by atomic mass is 10.3. The van der Waals surface area contributed by atoms with Crippen molar-refractivity contribution in [1.82, 2.24) is 0 Å². The van der Waals surface area contributed by atoms with E-state index in [2.05, 4.69) is 0 Å². The van der Waals surface area contributed by atoms with Crippen LogP contribution in [0.25, 0.3) is 0 Å². The molecule has 0 saturated carbocycles. The molecule has 0 amide bonds. The van der Waals surface area contributed by atoms with Crippen LogP contribution in [0.2, 0.25) is 0 Å². The Bertz CT molecular complexity index is 140. The molecule has 0 spiro atoms. The molecule has 0 aromatic carbocycles. The topological polar surface area (TPSA) is 42.2 Å². The molecule has 0 heterocycles. The predicted molar refractivity (Wildman–Crippen MR) is 44.9 cm³/mol. The fourth-order valence-corrected chi connectivity index (χ4v) is 1.41. The van der Waals surface area contributed by atoms with E-state index in [1.54, 1.807) is 14.2 Å². The van der Waals surface area contributed by atoms with Crippen molar-refractivity contribution in [3.8, 4) is 5.40 Å². The van der Waals surface area contributed by atoms with Gasteiger partial charge in [-0.15, -0.1) is 0 Å². The Labute approximate surface area is 71.7 Å². The first-order chi connectivity index (χ1) is 5.24. The zero-order chi connectivity index (χ0) is 8.74. The summed E-state index contributed by atoms with van der Waals surface area (Å²) in [6, 6.07) is 0. The lowest BCUT2D eigenvalue weighted by molar-refractivity contribution is -0.137. The number of nitriles is 1. The van der Waals surface area contributed by atoms with Crippen molar-refractivity contribution in [3.63, 3.8) is 0 Å². The van der Waals surface area contributed by atoms with E-state index in [0.717, 1.165) is 24.6 Å². The molecule has 0 atom stereocenters. The largest absolute Gasteiger partial charge is 0.344 e. The highest BCUT2D eigenvalue weighted by molar-refractivity contribution is 8.04. The second-order valence-electron chi connectivity index (χ2n) is 2.03. The van der Waals surface area contributed by atoms with E-state index >= 15 is 0 Å². The first-order valence-electron chi connectivity index (χ1n) is 3.42. The van der Waals surface area contributed by atoms with Gasteiger partial charge >= 0.3 is 0 Å². The monoisotopic (exact) mass is 175 g/mol. The summed E-state index contributed by atoms with van der Waals surface area (Å²) in [5.74, 6) is 0. The average molecular weight is 175 g/mol. The molecule has 0 N–H and O–H groups in total. The number of hydrogen-bond acceptors (Lipinski definition) is 4. The normalized spacial score (nSPS) is 11.1. The Morgan fingerprint density at radius 3 is 2.27 bits per heavy atom. The van der Waals surface area contributed by atoms with Gasteiger partial charge in [0.25, 0.3) is 0 Å². The molecule has 64 valence electrons. The number of methoxy groups -OCH3 is 2. The quantitative estimate of drug-likeness (QED) is 0.473. The van der Waals surface area contributed by atoms with Crippen LogP contribution in [0.4, 0.5) is 0 Å². The molecule has 0 saturated heterocycles. The van der Waals surface area contributed by atoms with Gasteiger partial charge in [-0.1, -0.05) is 13.3 Å². The van der Waals surface area contributed by atoms with Crippen LogP contribution in [0.5, 0.6) is 0 Å². The molecule has 0 aromatic heterocycles. The highest BCUT2D eigenvalue weighted by Gasteiger charge is 2.29. The molecule has 0 aromatic rings. The lowest BCUT2D eigenvalue weighted by Gasteiger charge is -2.26. The minimum Gasteiger partial charge on any atom is -0.344 e. The van der Waals surface area contributed by atoms with Crippen molar-refractivity contribution in [3.05, 3.63) is 0 Å². The highest BCUT2D eigenvalue weighted by atomic mass is 32.2. The Hall–Kier alpha value is -0.240. The van der Waals surface area contributed by atoms with E-state index in [1.165, 1.54) is 0 Å². The van der Waals surface area contributed by atoms with Crippen LogP contribution >= 0.6 is 11.8 Å². The van der Waals surface area contributed by atoms with Crippen LogP contribution in [0.15, 0.2) is 0 Å². The molecule has 0 fully saturated rings. The van der Waals surface area contributed by atoms with Crippen molar-refractivity contribution >= 4 is 11.8 Å². The summed E-state index contributed by atoms with van der Waals surface area (Å²) in [7, 11) is 3.09. The van der Waals surface area contributed by atoms with Crippen LogP contribution in [-0.4, -0.2) is 19.3 Å². The molecule has 0 radical (unpaired) electrons. The fraction of sp³-hybridized carbons (Fsp3) is 0.857. The zero-order valence-corrected chi connectivity index (χ0v) is 7.90. The Morgan fingerprint density at radius 1 is 1.45 bits per heavy atom. The molecule has 0 aliphatic rings. The van der Waals surface area contributed by atoms with E-state index in [9.17, 15) is 0 Å². The molecule has 0 aliphatic heterocycles. The van der Waals surface area contributed by atoms with Gasteiger partial charge in [-0.3, -0.25) is 0 Å². The highest BCUT2D eigenvalue weighted by Crippen LogP contribution is 2.30. The third kappa shape index (κ3) is 3.10. The number of thioether (sulfide) groups is 1. The summed E-state index contributed by atoms with van der Waals surface area (Å²) in [5, 5.41) is 9.65. The summed E-state index contributed by atoms with van der Waals surface area (Å²) < 4.78 is 10.2. The number of ether oxygens (including phenoxy) is 2. The first-order valence-corrected chi connectivity index (χ1v) is 4.23. The van der Waals surface area contributed by atoms with Gasteiger partial charge in [0.2, 0.25) is 5.12 Å². The standard InChI is InChI=1S/C7H13NO2S/c1-4-5-7(9-2,10-3)11-6-8/h4-5H2,1-3H3. The van der Waals surface area contributed by atoms with Crippen molar-refractivity contribution in [2.24, 2.45) is 0 Å². The number of thiocyanates is 1. The third-order valence-corrected chi connectivity index (χ3v) is 2.32. The lowest BCUT2D eigenvalue weighted by Crippen LogP contribution is -2.28. The second kappa shape index (κ2) is 5.42. The molecule has 0 bridgehead atoms. The van der Waals surface area contributed by atoms with Gasteiger partial charge in [-0.25, -0.2) is 0 Å². The third-order valence-electron chi connectivity index (χ3n) is 1.38. The van der Waals surface area contributed by atoms with E-state index in [4.69, 9.17) is 14.7 Å². The molecule has 0 unspecified atom stereocenters. The SMILES string of the molecule is CCCC(OC)(OC)SC#N. The summed E-state index contributed by atoms with van der Waals surface area (Å²) >= 11 is 1.01. The maximum atomic E-state index is 8.44. The van der Waals surface area contributed by atoms with Crippen molar-refractivity contribution in [2.45, 2.75) is 24.9 Å².